The van der Waals surface area contributed by atoms with Gasteiger partial charge in [-0.3, -0.25) is 9.59 Å². The number of benzene rings is 2. The second-order valence-corrected chi connectivity index (χ2v) is 12.1. The van der Waals surface area contributed by atoms with Crippen molar-refractivity contribution in [2.75, 3.05) is 0 Å². The summed E-state index contributed by atoms with van der Waals surface area (Å²) in [5.74, 6) is 0.131. The number of para-hydroxylation sites is 1. The van der Waals surface area contributed by atoms with E-state index in [2.05, 4.69) is 47.9 Å². The molecule has 2 amide bonds. The summed E-state index contributed by atoms with van der Waals surface area (Å²) >= 11 is 0. The van der Waals surface area contributed by atoms with Crippen molar-refractivity contribution in [3.63, 3.8) is 0 Å². The summed E-state index contributed by atoms with van der Waals surface area (Å²) in [6, 6.07) is 20.5. The number of hydrogen-bond donors (Lipinski definition) is 3. The molecule has 208 valence electrons. The topological polar surface area (TPSA) is 89.2 Å². The molecule has 3 unspecified atom stereocenters. The van der Waals surface area contributed by atoms with Crippen LogP contribution in [-0.4, -0.2) is 34.0 Å². The maximum atomic E-state index is 13.5. The molecule has 1 heterocycles. The number of rotatable bonds is 9. The lowest BCUT2D eigenvalue weighted by atomic mass is 9.83. The molecular formula is C33H44N4O2. The second-order valence-electron chi connectivity index (χ2n) is 12.1. The van der Waals surface area contributed by atoms with Gasteiger partial charge in [0.1, 0.15) is 5.69 Å². The van der Waals surface area contributed by atoms with E-state index in [1.165, 1.54) is 5.56 Å². The van der Waals surface area contributed by atoms with Crippen LogP contribution in [0.15, 0.2) is 60.7 Å². The molecular weight excluding hydrogens is 484 g/mol. The molecule has 5 rings (SSSR count). The number of fused-ring (bicyclic) bond motifs is 1. The number of hydrogen-bond acceptors (Lipinski definition) is 3. The summed E-state index contributed by atoms with van der Waals surface area (Å²) in [6.07, 6.45) is 9.72. The third-order valence-corrected chi connectivity index (χ3v) is 9.40. The number of nitrogens with zero attached hydrogens (tertiary/aromatic N) is 1. The van der Waals surface area contributed by atoms with Crippen molar-refractivity contribution in [1.29, 1.82) is 0 Å². The first kappa shape index (κ1) is 27.4. The van der Waals surface area contributed by atoms with Gasteiger partial charge >= 0.3 is 0 Å². The fraction of sp³-hybridized carbons (Fsp3) is 0.515. The minimum Gasteiger partial charge on any atom is -0.353 e. The van der Waals surface area contributed by atoms with Crippen molar-refractivity contribution in [2.24, 2.45) is 24.6 Å². The minimum absolute atomic E-state index is 0.0718. The van der Waals surface area contributed by atoms with E-state index in [0.29, 0.717) is 11.6 Å². The molecule has 39 heavy (non-hydrogen) atoms. The quantitative estimate of drug-likeness (QED) is 0.321. The van der Waals surface area contributed by atoms with Crippen LogP contribution in [0.1, 0.15) is 80.8 Å². The summed E-state index contributed by atoms with van der Waals surface area (Å²) in [7, 11) is 1.92. The SMILES string of the molecule is CC1CC(NC(=O)[C@@H]2CCCC[C@@H]2NC(=O)c2cc3ccccc3n2C)CC1(N)CCCCc1ccccc1. The molecule has 2 aliphatic rings. The Kier molecular flexibility index (Phi) is 8.41. The van der Waals surface area contributed by atoms with Crippen molar-refractivity contribution >= 4 is 22.7 Å². The lowest BCUT2D eigenvalue weighted by Crippen LogP contribution is -2.50. The molecule has 0 bridgehead atoms. The lowest BCUT2D eigenvalue weighted by molar-refractivity contribution is -0.127. The number of amides is 2. The number of aryl methyl sites for hydroxylation is 2. The Balaban J connectivity index is 1.15. The molecule has 5 atom stereocenters. The second kappa shape index (κ2) is 12.0. The van der Waals surface area contributed by atoms with E-state index in [4.69, 9.17) is 5.73 Å². The van der Waals surface area contributed by atoms with Crippen LogP contribution in [0.25, 0.3) is 10.9 Å². The third-order valence-electron chi connectivity index (χ3n) is 9.40. The van der Waals surface area contributed by atoms with Gasteiger partial charge in [0.2, 0.25) is 5.91 Å². The standard InChI is InChI=1S/C33H44N4O2/c1-23-20-26(22-33(23,34)19-11-10-14-24-12-4-3-5-13-24)35-31(38)27-16-7-8-17-28(27)36-32(39)30-21-25-15-6-9-18-29(25)37(30)2/h3-6,9,12-13,15,18,21,23,26-28H,7-8,10-11,14,16-17,19-20,22,34H2,1-2H3,(H,35,38)(H,36,39)/t23?,26?,27-,28+,33?/m1/s1. The van der Waals surface area contributed by atoms with Gasteiger partial charge < -0.3 is 20.9 Å². The molecule has 2 aromatic carbocycles. The average Bonchev–Trinajstić information content (AvgIpc) is 3.42. The van der Waals surface area contributed by atoms with Gasteiger partial charge in [-0.05, 0) is 68.6 Å². The maximum absolute atomic E-state index is 13.5. The van der Waals surface area contributed by atoms with Crippen LogP contribution >= 0.6 is 0 Å². The number of carbonyl (C=O) groups excluding carboxylic acids is 2. The Labute approximate surface area is 232 Å². The Morgan fingerprint density at radius 2 is 1.74 bits per heavy atom. The zero-order chi connectivity index (χ0) is 27.4. The Morgan fingerprint density at radius 1 is 1.00 bits per heavy atom. The first-order valence-corrected chi connectivity index (χ1v) is 14.8. The fourth-order valence-electron chi connectivity index (χ4n) is 6.97. The Hall–Kier alpha value is -3.12. The van der Waals surface area contributed by atoms with Gasteiger partial charge in [-0.1, -0.05) is 74.7 Å². The van der Waals surface area contributed by atoms with E-state index in [1.54, 1.807) is 0 Å². The normalized spacial score (nSPS) is 26.9. The molecule has 0 aliphatic heterocycles. The molecule has 2 aliphatic carbocycles. The summed E-state index contributed by atoms with van der Waals surface area (Å²) < 4.78 is 1.93. The molecule has 2 fully saturated rings. The molecule has 0 spiro atoms. The molecule has 3 aromatic rings. The number of carbonyl (C=O) groups is 2. The van der Waals surface area contributed by atoms with Crippen LogP contribution in [0.2, 0.25) is 0 Å². The van der Waals surface area contributed by atoms with Gasteiger partial charge in [-0.15, -0.1) is 0 Å². The smallest absolute Gasteiger partial charge is 0.268 e. The van der Waals surface area contributed by atoms with Crippen molar-refractivity contribution in [2.45, 2.75) is 88.8 Å². The van der Waals surface area contributed by atoms with Gasteiger partial charge in [0, 0.05) is 35.6 Å². The maximum Gasteiger partial charge on any atom is 0.268 e. The molecule has 0 saturated heterocycles. The summed E-state index contributed by atoms with van der Waals surface area (Å²) in [4.78, 5) is 26.8. The van der Waals surface area contributed by atoms with Crippen LogP contribution < -0.4 is 16.4 Å². The largest absolute Gasteiger partial charge is 0.353 e. The molecule has 4 N–H and O–H groups in total. The first-order chi connectivity index (χ1) is 18.8. The zero-order valence-corrected chi connectivity index (χ0v) is 23.5. The zero-order valence-electron chi connectivity index (χ0n) is 23.5. The minimum atomic E-state index is -0.233. The summed E-state index contributed by atoms with van der Waals surface area (Å²) in [5.41, 5.74) is 9.72. The van der Waals surface area contributed by atoms with E-state index < -0.39 is 0 Å². The van der Waals surface area contributed by atoms with Crippen LogP contribution in [0.3, 0.4) is 0 Å². The number of nitrogens with two attached hydrogens (primary N) is 1. The van der Waals surface area contributed by atoms with E-state index in [-0.39, 0.29) is 35.4 Å². The van der Waals surface area contributed by atoms with E-state index in [9.17, 15) is 9.59 Å². The van der Waals surface area contributed by atoms with Crippen LogP contribution in [0, 0.1) is 11.8 Å². The van der Waals surface area contributed by atoms with Crippen molar-refractivity contribution < 1.29 is 9.59 Å². The van der Waals surface area contributed by atoms with Crippen LogP contribution in [-0.2, 0) is 18.3 Å². The highest BCUT2D eigenvalue weighted by atomic mass is 16.2. The van der Waals surface area contributed by atoms with Gasteiger partial charge in [0.15, 0.2) is 0 Å². The predicted octanol–water partition coefficient (Wildman–Crippen LogP) is 5.49. The Bertz CT molecular complexity index is 1290. The first-order valence-electron chi connectivity index (χ1n) is 14.8. The highest BCUT2D eigenvalue weighted by Crippen LogP contribution is 2.38. The highest BCUT2D eigenvalue weighted by Gasteiger charge is 2.43. The summed E-state index contributed by atoms with van der Waals surface area (Å²) in [6.45, 7) is 2.23. The molecule has 1 aromatic heterocycles. The summed E-state index contributed by atoms with van der Waals surface area (Å²) in [5, 5.41) is 7.62. The predicted molar refractivity (Wildman–Crippen MR) is 157 cm³/mol. The number of unbranched alkanes of at least 4 members (excludes halogenated alkanes) is 1. The number of nitrogens with one attached hydrogen (secondary N) is 2. The fourth-order valence-corrected chi connectivity index (χ4v) is 6.97. The van der Waals surface area contributed by atoms with Gasteiger partial charge in [0.25, 0.3) is 5.91 Å². The average molecular weight is 529 g/mol. The molecule has 6 nitrogen and oxygen atoms in total. The molecule has 2 saturated carbocycles. The number of aromatic nitrogens is 1. The van der Waals surface area contributed by atoms with E-state index in [1.807, 2.05) is 41.9 Å². The monoisotopic (exact) mass is 528 g/mol. The third kappa shape index (κ3) is 6.22. The van der Waals surface area contributed by atoms with Crippen molar-refractivity contribution in [3.05, 3.63) is 71.9 Å². The van der Waals surface area contributed by atoms with Gasteiger partial charge in [-0.2, -0.15) is 0 Å². The van der Waals surface area contributed by atoms with E-state index in [0.717, 1.165) is 75.1 Å². The van der Waals surface area contributed by atoms with Crippen LogP contribution in [0.4, 0.5) is 0 Å². The Morgan fingerprint density at radius 3 is 2.54 bits per heavy atom. The molecule has 0 radical (unpaired) electrons. The van der Waals surface area contributed by atoms with Gasteiger partial charge in [-0.25, -0.2) is 0 Å². The van der Waals surface area contributed by atoms with E-state index >= 15 is 0 Å². The van der Waals surface area contributed by atoms with Crippen molar-refractivity contribution in [3.8, 4) is 0 Å². The van der Waals surface area contributed by atoms with Crippen molar-refractivity contribution in [1.82, 2.24) is 15.2 Å². The highest BCUT2D eigenvalue weighted by molar-refractivity contribution is 5.99. The molecule has 6 heteroatoms. The van der Waals surface area contributed by atoms with Crippen LogP contribution in [0.5, 0.6) is 0 Å². The lowest BCUT2D eigenvalue weighted by Gasteiger charge is -2.32. The van der Waals surface area contributed by atoms with Gasteiger partial charge in [0.05, 0.1) is 5.92 Å².